The van der Waals surface area contributed by atoms with Crippen LogP contribution in [0.25, 0.3) is 0 Å². The molecule has 2 aliphatic rings. The molecular formula is C20H23NO8S. The standard InChI is InChI=1S/C20H23NO8S/c1-4-30-20-15(21-18(25)12-7-5-6-8-13(12)19(21)26)17(28-11(3)24)16(27-10(2)23)14(9-22)29-20/h5-8,14-17,20,22H,4,9H2,1-3H3/t14?,15-,16-,17+,20?/m0/s1. The zero-order chi connectivity index (χ0) is 22.0. The number of thioether (sulfide) groups is 1. The van der Waals surface area contributed by atoms with Gasteiger partial charge in [-0.25, -0.2) is 0 Å². The molecule has 1 aromatic rings. The van der Waals surface area contributed by atoms with Gasteiger partial charge in [0.05, 0.1) is 17.7 Å². The quantitative estimate of drug-likeness (QED) is 0.513. The van der Waals surface area contributed by atoms with Gasteiger partial charge in [-0.3, -0.25) is 24.1 Å². The molecule has 0 spiro atoms. The maximum Gasteiger partial charge on any atom is 0.303 e. The molecule has 0 aliphatic carbocycles. The van der Waals surface area contributed by atoms with E-state index in [-0.39, 0.29) is 11.1 Å². The predicted molar refractivity (Wildman–Crippen MR) is 106 cm³/mol. The van der Waals surface area contributed by atoms with Crippen LogP contribution in [-0.4, -0.2) is 75.9 Å². The smallest absolute Gasteiger partial charge is 0.303 e. The van der Waals surface area contributed by atoms with E-state index in [1.54, 1.807) is 24.3 Å². The molecule has 1 N–H and O–H groups in total. The van der Waals surface area contributed by atoms with Gasteiger partial charge >= 0.3 is 11.9 Å². The normalized spacial score (nSPS) is 28.3. The van der Waals surface area contributed by atoms with Gasteiger partial charge in [0.2, 0.25) is 0 Å². The molecule has 5 atom stereocenters. The molecule has 0 aromatic heterocycles. The Morgan fingerprint density at radius 3 is 2.07 bits per heavy atom. The van der Waals surface area contributed by atoms with Crippen LogP contribution in [-0.2, 0) is 23.8 Å². The number of hydrogen-bond acceptors (Lipinski definition) is 9. The third kappa shape index (κ3) is 4.07. The van der Waals surface area contributed by atoms with E-state index in [1.165, 1.54) is 25.6 Å². The zero-order valence-corrected chi connectivity index (χ0v) is 17.6. The topological polar surface area (TPSA) is 119 Å². The molecule has 1 saturated heterocycles. The lowest BCUT2D eigenvalue weighted by molar-refractivity contribution is -0.214. The summed E-state index contributed by atoms with van der Waals surface area (Å²) in [5.41, 5.74) is -0.333. The summed E-state index contributed by atoms with van der Waals surface area (Å²) in [4.78, 5) is 50.8. The van der Waals surface area contributed by atoms with E-state index in [2.05, 4.69) is 0 Å². The first-order chi connectivity index (χ1) is 14.3. The van der Waals surface area contributed by atoms with Crippen LogP contribution in [0.15, 0.2) is 24.3 Å². The van der Waals surface area contributed by atoms with Crippen LogP contribution in [0.3, 0.4) is 0 Å². The van der Waals surface area contributed by atoms with Crippen LogP contribution in [0.5, 0.6) is 0 Å². The first-order valence-electron chi connectivity index (χ1n) is 9.49. The molecule has 2 aliphatic heterocycles. The molecule has 10 heteroatoms. The van der Waals surface area contributed by atoms with Gasteiger partial charge in [0, 0.05) is 13.8 Å². The molecule has 162 valence electrons. The van der Waals surface area contributed by atoms with Gasteiger partial charge in [0.1, 0.15) is 17.6 Å². The second kappa shape index (κ2) is 9.15. The summed E-state index contributed by atoms with van der Waals surface area (Å²) in [6.07, 6.45) is -3.39. The highest BCUT2D eigenvalue weighted by Gasteiger charge is 2.56. The van der Waals surface area contributed by atoms with E-state index >= 15 is 0 Å². The van der Waals surface area contributed by atoms with Crippen LogP contribution in [0.2, 0.25) is 0 Å². The Morgan fingerprint density at radius 2 is 1.60 bits per heavy atom. The molecule has 2 heterocycles. The first kappa shape index (κ1) is 22.3. The van der Waals surface area contributed by atoms with Gasteiger partial charge in [0.25, 0.3) is 11.8 Å². The van der Waals surface area contributed by atoms with Crippen molar-refractivity contribution in [2.45, 2.75) is 50.6 Å². The summed E-state index contributed by atoms with van der Waals surface area (Å²) < 4.78 is 16.7. The number of carbonyl (C=O) groups is 4. The van der Waals surface area contributed by atoms with Crippen molar-refractivity contribution >= 4 is 35.5 Å². The summed E-state index contributed by atoms with van der Waals surface area (Å²) >= 11 is 1.29. The van der Waals surface area contributed by atoms with E-state index in [1.807, 2.05) is 6.92 Å². The van der Waals surface area contributed by atoms with Gasteiger partial charge in [-0.05, 0) is 17.9 Å². The molecule has 0 saturated carbocycles. The maximum atomic E-state index is 13.1. The van der Waals surface area contributed by atoms with E-state index < -0.39 is 60.1 Å². The van der Waals surface area contributed by atoms with Gasteiger partial charge in [-0.2, -0.15) is 0 Å². The largest absolute Gasteiger partial charge is 0.456 e. The third-order valence-electron chi connectivity index (χ3n) is 4.85. The highest BCUT2D eigenvalue weighted by atomic mass is 32.2. The van der Waals surface area contributed by atoms with Crippen LogP contribution in [0.4, 0.5) is 0 Å². The van der Waals surface area contributed by atoms with Crippen LogP contribution >= 0.6 is 11.8 Å². The maximum absolute atomic E-state index is 13.1. The molecule has 2 unspecified atom stereocenters. The van der Waals surface area contributed by atoms with Gasteiger partial charge in [0.15, 0.2) is 12.2 Å². The number of benzene rings is 1. The average molecular weight is 437 g/mol. The van der Waals surface area contributed by atoms with Crippen molar-refractivity contribution in [3.05, 3.63) is 35.4 Å². The molecule has 9 nitrogen and oxygen atoms in total. The fourth-order valence-corrected chi connectivity index (χ4v) is 4.77. The summed E-state index contributed by atoms with van der Waals surface area (Å²) in [5, 5.41) is 9.80. The molecule has 2 amide bonds. The Kier molecular flexibility index (Phi) is 6.79. The Bertz CT molecular complexity index is 824. The number of nitrogens with zero attached hydrogens (tertiary/aromatic N) is 1. The molecule has 0 radical (unpaired) electrons. The minimum Gasteiger partial charge on any atom is -0.456 e. The van der Waals surface area contributed by atoms with Gasteiger partial charge < -0.3 is 19.3 Å². The summed E-state index contributed by atoms with van der Waals surface area (Å²) in [6, 6.07) is 5.33. The van der Waals surface area contributed by atoms with Crippen LogP contribution in [0.1, 0.15) is 41.5 Å². The fourth-order valence-electron chi connectivity index (χ4n) is 3.75. The predicted octanol–water partition coefficient (Wildman–Crippen LogP) is 0.985. The lowest BCUT2D eigenvalue weighted by atomic mass is 9.96. The minimum atomic E-state index is -1.21. The Balaban J connectivity index is 2.08. The average Bonchev–Trinajstić information content (AvgIpc) is 2.94. The second-order valence-electron chi connectivity index (χ2n) is 6.85. The lowest BCUT2D eigenvalue weighted by Gasteiger charge is -2.47. The van der Waals surface area contributed by atoms with Crippen molar-refractivity contribution in [1.82, 2.24) is 4.90 Å². The van der Waals surface area contributed by atoms with Crippen molar-refractivity contribution < 1.29 is 38.5 Å². The summed E-state index contributed by atoms with van der Waals surface area (Å²) in [6.45, 7) is 3.70. The molecule has 1 aromatic carbocycles. The van der Waals surface area contributed by atoms with Crippen molar-refractivity contribution in [2.24, 2.45) is 0 Å². The van der Waals surface area contributed by atoms with Crippen molar-refractivity contribution in [2.75, 3.05) is 12.4 Å². The van der Waals surface area contributed by atoms with Crippen molar-refractivity contribution in [1.29, 1.82) is 0 Å². The number of aliphatic hydroxyl groups is 1. The van der Waals surface area contributed by atoms with E-state index in [0.29, 0.717) is 5.75 Å². The van der Waals surface area contributed by atoms with Crippen molar-refractivity contribution in [3.63, 3.8) is 0 Å². The zero-order valence-electron chi connectivity index (χ0n) is 16.8. The fraction of sp³-hybridized carbons (Fsp3) is 0.500. The van der Waals surface area contributed by atoms with E-state index in [4.69, 9.17) is 14.2 Å². The Hall–Kier alpha value is -2.43. The molecular weight excluding hydrogens is 414 g/mol. The first-order valence-corrected chi connectivity index (χ1v) is 10.5. The highest BCUT2D eigenvalue weighted by Crippen LogP contribution is 2.38. The number of imide groups is 1. The number of rotatable bonds is 6. The summed E-state index contributed by atoms with van der Waals surface area (Å²) in [5.74, 6) is -1.90. The van der Waals surface area contributed by atoms with Crippen LogP contribution < -0.4 is 0 Å². The number of carbonyl (C=O) groups excluding carboxylic acids is 4. The van der Waals surface area contributed by atoms with Crippen LogP contribution in [0, 0.1) is 0 Å². The Labute approximate surface area is 177 Å². The lowest BCUT2D eigenvalue weighted by Crippen LogP contribution is -2.66. The third-order valence-corrected chi connectivity index (χ3v) is 5.91. The number of aliphatic hydroxyl groups excluding tert-OH is 1. The van der Waals surface area contributed by atoms with Crippen molar-refractivity contribution in [3.8, 4) is 0 Å². The number of hydrogen-bond donors (Lipinski definition) is 1. The SMILES string of the molecule is CCSC1OC(CO)[C@H](OC(C)=O)[C@H](OC(C)=O)[C@@H]1N1C(=O)c2ccccc2C1=O. The molecule has 30 heavy (non-hydrogen) atoms. The molecule has 0 bridgehead atoms. The molecule has 1 fully saturated rings. The van der Waals surface area contributed by atoms with Gasteiger partial charge in [-0.15, -0.1) is 11.8 Å². The summed E-state index contributed by atoms with van der Waals surface area (Å²) in [7, 11) is 0. The Morgan fingerprint density at radius 1 is 1.07 bits per heavy atom. The minimum absolute atomic E-state index is 0.234. The number of amides is 2. The number of esters is 2. The second-order valence-corrected chi connectivity index (χ2v) is 8.22. The highest BCUT2D eigenvalue weighted by molar-refractivity contribution is 7.99. The molecule has 3 rings (SSSR count). The number of ether oxygens (including phenoxy) is 3. The van der Waals surface area contributed by atoms with Gasteiger partial charge in [-0.1, -0.05) is 19.1 Å². The van der Waals surface area contributed by atoms with E-state index in [9.17, 15) is 24.3 Å². The monoisotopic (exact) mass is 437 g/mol. The van der Waals surface area contributed by atoms with E-state index in [0.717, 1.165) is 4.90 Å². The number of fused-ring (bicyclic) bond motifs is 1.